The van der Waals surface area contributed by atoms with E-state index in [-0.39, 0.29) is 23.8 Å². The molecule has 0 spiro atoms. The first-order valence-electron chi connectivity index (χ1n) is 7.12. The van der Waals surface area contributed by atoms with Crippen LogP contribution in [0.4, 0.5) is 4.39 Å². The summed E-state index contributed by atoms with van der Waals surface area (Å²) in [4.78, 5) is 14.3. The Kier molecular flexibility index (Phi) is 4.24. The van der Waals surface area contributed by atoms with Gasteiger partial charge in [-0.2, -0.15) is 0 Å². The zero-order valence-electron chi connectivity index (χ0n) is 12.8. The van der Waals surface area contributed by atoms with Gasteiger partial charge in [-0.3, -0.25) is 4.79 Å². The second-order valence-electron chi connectivity index (χ2n) is 5.10. The lowest BCUT2D eigenvalue weighted by atomic mass is 10.1. The number of hydrogen-bond acceptors (Lipinski definition) is 6. The molecule has 0 N–H and O–H groups in total. The molecule has 0 bridgehead atoms. The van der Waals surface area contributed by atoms with E-state index in [2.05, 4.69) is 10.2 Å². The number of rotatable bonds is 3. The summed E-state index contributed by atoms with van der Waals surface area (Å²) >= 11 is 0. The highest BCUT2D eigenvalue weighted by atomic mass is 19.1. The van der Waals surface area contributed by atoms with Crippen molar-refractivity contribution in [3.8, 4) is 5.75 Å². The van der Waals surface area contributed by atoms with E-state index < -0.39 is 11.9 Å². The number of benzene rings is 1. The van der Waals surface area contributed by atoms with Crippen molar-refractivity contribution in [3.05, 3.63) is 41.4 Å². The summed E-state index contributed by atoms with van der Waals surface area (Å²) in [6.45, 7) is 2.68. The molecule has 3 rings (SSSR count). The minimum absolute atomic E-state index is 0.0904. The van der Waals surface area contributed by atoms with E-state index in [0.717, 1.165) is 6.07 Å². The zero-order chi connectivity index (χ0) is 16.4. The van der Waals surface area contributed by atoms with E-state index in [9.17, 15) is 9.18 Å². The summed E-state index contributed by atoms with van der Waals surface area (Å²) < 4.78 is 29.5. The Morgan fingerprint density at radius 2 is 2.26 bits per heavy atom. The van der Waals surface area contributed by atoms with Crippen LogP contribution in [0.25, 0.3) is 0 Å². The average molecular weight is 321 g/mol. The fourth-order valence-electron chi connectivity index (χ4n) is 2.46. The quantitative estimate of drug-likeness (QED) is 0.857. The predicted molar refractivity (Wildman–Crippen MR) is 76.6 cm³/mol. The monoisotopic (exact) mass is 321 g/mol. The van der Waals surface area contributed by atoms with E-state index in [4.69, 9.17) is 13.9 Å². The third kappa shape index (κ3) is 3.02. The van der Waals surface area contributed by atoms with Crippen molar-refractivity contribution in [1.82, 2.24) is 15.1 Å². The molecule has 0 saturated carbocycles. The van der Waals surface area contributed by atoms with Crippen LogP contribution in [0.1, 0.15) is 28.2 Å². The van der Waals surface area contributed by atoms with Crippen molar-refractivity contribution < 1.29 is 23.1 Å². The van der Waals surface area contributed by atoms with Gasteiger partial charge in [0.1, 0.15) is 6.04 Å². The van der Waals surface area contributed by atoms with Gasteiger partial charge < -0.3 is 18.8 Å². The molecule has 1 aliphatic rings. The second kappa shape index (κ2) is 6.33. The Hall–Kier alpha value is -2.48. The third-order valence-electron chi connectivity index (χ3n) is 3.61. The fourth-order valence-corrected chi connectivity index (χ4v) is 2.46. The maximum atomic E-state index is 13.8. The molecule has 1 aromatic heterocycles. The molecule has 2 heterocycles. The van der Waals surface area contributed by atoms with Crippen molar-refractivity contribution in [2.75, 3.05) is 26.9 Å². The number of hydrogen-bond donors (Lipinski definition) is 0. The number of amides is 1. The first-order chi connectivity index (χ1) is 11.1. The highest BCUT2D eigenvalue weighted by Crippen LogP contribution is 2.26. The molecule has 7 nitrogen and oxygen atoms in total. The second-order valence-corrected chi connectivity index (χ2v) is 5.10. The molecule has 0 radical (unpaired) electrons. The Morgan fingerprint density at radius 3 is 2.91 bits per heavy atom. The first kappa shape index (κ1) is 15.4. The topological polar surface area (TPSA) is 77.7 Å². The third-order valence-corrected chi connectivity index (χ3v) is 3.61. The van der Waals surface area contributed by atoms with Crippen LogP contribution in [-0.2, 0) is 4.74 Å². The summed E-state index contributed by atoms with van der Waals surface area (Å²) in [6.07, 6.45) is 0. The van der Waals surface area contributed by atoms with Gasteiger partial charge in [0.05, 0.1) is 20.3 Å². The lowest BCUT2D eigenvalue weighted by Crippen LogP contribution is -2.43. The van der Waals surface area contributed by atoms with Crippen LogP contribution in [-0.4, -0.2) is 47.9 Å². The number of carbonyl (C=O) groups is 1. The highest BCUT2D eigenvalue weighted by Gasteiger charge is 2.33. The number of carbonyl (C=O) groups excluding carboxylic acids is 1. The number of nitrogens with zero attached hydrogens (tertiary/aromatic N) is 3. The molecule has 1 saturated heterocycles. The Balaban J connectivity index is 1.88. The Labute approximate surface area is 132 Å². The number of halogens is 1. The summed E-state index contributed by atoms with van der Waals surface area (Å²) in [5, 5.41) is 7.73. The van der Waals surface area contributed by atoms with E-state index in [1.807, 2.05) is 0 Å². The maximum absolute atomic E-state index is 13.8. The summed E-state index contributed by atoms with van der Waals surface area (Å²) in [6, 6.07) is 3.62. The smallest absolute Gasteiger partial charge is 0.254 e. The van der Waals surface area contributed by atoms with Gasteiger partial charge in [0.2, 0.25) is 11.8 Å². The van der Waals surface area contributed by atoms with Crippen molar-refractivity contribution >= 4 is 5.91 Å². The van der Waals surface area contributed by atoms with Gasteiger partial charge in [0, 0.05) is 19.0 Å². The van der Waals surface area contributed by atoms with Crippen LogP contribution < -0.4 is 4.74 Å². The molecule has 1 unspecified atom stereocenters. The van der Waals surface area contributed by atoms with Gasteiger partial charge in [0.25, 0.3) is 5.91 Å². The molecule has 1 aromatic carbocycles. The molecule has 0 aliphatic carbocycles. The van der Waals surface area contributed by atoms with Crippen LogP contribution in [0.5, 0.6) is 5.75 Å². The molecule has 2 aromatic rings. The van der Waals surface area contributed by atoms with Gasteiger partial charge in [-0.15, -0.1) is 10.2 Å². The Morgan fingerprint density at radius 1 is 1.43 bits per heavy atom. The molecular weight excluding hydrogens is 305 g/mol. The first-order valence-corrected chi connectivity index (χ1v) is 7.12. The molecule has 1 aliphatic heterocycles. The summed E-state index contributed by atoms with van der Waals surface area (Å²) in [7, 11) is 1.37. The van der Waals surface area contributed by atoms with Crippen LogP contribution in [0.15, 0.2) is 22.6 Å². The van der Waals surface area contributed by atoms with Crippen molar-refractivity contribution in [2.45, 2.75) is 13.0 Å². The lowest BCUT2D eigenvalue weighted by Gasteiger charge is -2.33. The minimum Gasteiger partial charge on any atom is -0.494 e. The Bertz CT molecular complexity index is 718. The van der Waals surface area contributed by atoms with Crippen LogP contribution >= 0.6 is 0 Å². The van der Waals surface area contributed by atoms with E-state index in [1.54, 1.807) is 11.8 Å². The molecule has 23 heavy (non-hydrogen) atoms. The van der Waals surface area contributed by atoms with Crippen LogP contribution in [0.3, 0.4) is 0 Å². The lowest BCUT2D eigenvalue weighted by molar-refractivity contribution is -0.0106. The average Bonchev–Trinajstić information content (AvgIpc) is 3.00. The normalized spacial score (nSPS) is 18.0. The fraction of sp³-hybridized carbons (Fsp3) is 0.400. The largest absolute Gasteiger partial charge is 0.494 e. The SMILES string of the molecule is COc1ccc(C(=O)N2CCOCC2c2nnc(C)o2)cc1F. The number of aryl methyl sites for hydroxylation is 1. The molecule has 1 amide bonds. The van der Waals surface area contributed by atoms with Crippen molar-refractivity contribution in [2.24, 2.45) is 0 Å². The van der Waals surface area contributed by atoms with Gasteiger partial charge in [-0.25, -0.2) is 4.39 Å². The number of ether oxygens (including phenoxy) is 2. The maximum Gasteiger partial charge on any atom is 0.254 e. The van der Waals surface area contributed by atoms with E-state index in [0.29, 0.717) is 24.9 Å². The molecule has 1 atom stereocenters. The highest BCUT2D eigenvalue weighted by molar-refractivity contribution is 5.94. The number of morpholine rings is 1. The van der Waals surface area contributed by atoms with E-state index in [1.165, 1.54) is 19.2 Å². The predicted octanol–water partition coefficient (Wildman–Crippen LogP) is 1.74. The number of aromatic nitrogens is 2. The summed E-state index contributed by atoms with van der Waals surface area (Å²) in [5.41, 5.74) is 0.228. The zero-order valence-corrected chi connectivity index (χ0v) is 12.8. The van der Waals surface area contributed by atoms with Crippen LogP contribution in [0, 0.1) is 12.7 Å². The molecule has 1 fully saturated rings. The molecule has 122 valence electrons. The van der Waals surface area contributed by atoms with Gasteiger partial charge in [-0.05, 0) is 18.2 Å². The van der Waals surface area contributed by atoms with Gasteiger partial charge >= 0.3 is 0 Å². The summed E-state index contributed by atoms with van der Waals surface area (Å²) in [5.74, 6) is -0.0990. The minimum atomic E-state index is -0.586. The van der Waals surface area contributed by atoms with E-state index >= 15 is 0 Å². The van der Waals surface area contributed by atoms with Gasteiger partial charge in [-0.1, -0.05) is 0 Å². The van der Waals surface area contributed by atoms with Gasteiger partial charge in [0.15, 0.2) is 11.6 Å². The van der Waals surface area contributed by atoms with Crippen molar-refractivity contribution in [3.63, 3.8) is 0 Å². The van der Waals surface area contributed by atoms with Crippen molar-refractivity contribution in [1.29, 1.82) is 0 Å². The number of methoxy groups -OCH3 is 1. The van der Waals surface area contributed by atoms with Crippen LogP contribution in [0.2, 0.25) is 0 Å². The molecule has 8 heteroatoms. The molecular formula is C15H16FN3O4. The standard InChI is InChI=1S/C15H16FN3O4/c1-9-17-18-14(23-9)12-8-22-6-5-19(12)15(20)10-3-4-13(21-2)11(16)7-10/h3-4,7,12H,5-6,8H2,1-2H3.